The van der Waals surface area contributed by atoms with Crippen molar-refractivity contribution in [1.29, 1.82) is 0 Å². The van der Waals surface area contributed by atoms with Gasteiger partial charge in [0.1, 0.15) is 5.82 Å². The summed E-state index contributed by atoms with van der Waals surface area (Å²) in [7, 11) is 0. The summed E-state index contributed by atoms with van der Waals surface area (Å²) in [6.45, 7) is 0. The Balaban J connectivity index is 2.10. The second-order valence-electron chi connectivity index (χ2n) is 4.11. The van der Waals surface area contributed by atoms with Crippen LogP contribution >= 0.6 is 0 Å². The van der Waals surface area contributed by atoms with E-state index in [1.807, 2.05) is 0 Å². The number of anilines is 1. The molecule has 0 radical (unpaired) electrons. The minimum atomic E-state index is -0.860. The summed E-state index contributed by atoms with van der Waals surface area (Å²) in [6, 6.07) is 4.97. The van der Waals surface area contributed by atoms with Crippen LogP contribution in [0.4, 0.5) is 10.1 Å². The van der Waals surface area contributed by atoms with Crippen molar-refractivity contribution in [2.24, 2.45) is 0 Å². The Bertz CT molecular complexity index is 402. The van der Waals surface area contributed by atoms with Gasteiger partial charge in [0.2, 0.25) is 0 Å². The molecule has 0 atom stereocenters. The van der Waals surface area contributed by atoms with Gasteiger partial charge in [0.25, 0.3) is 0 Å². The standard InChI is InChI=1S/C12H14FNO2/c13-9-2-5-11(14-10-3-4-10)8(7-9)1-6-12(15)16/h2,5,7,10,14H,1,3-4,6H2,(H,15,16). The average Bonchev–Trinajstić information content (AvgIpc) is 3.02. The summed E-state index contributed by atoms with van der Waals surface area (Å²) < 4.78 is 13.0. The van der Waals surface area contributed by atoms with Crippen LogP contribution in [-0.4, -0.2) is 17.1 Å². The molecule has 4 heteroatoms. The number of aliphatic carboxylic acids is 1. The van der Waals surface area contributed by atoms with Gasteiger partial charge in [-0.2, -0.15) is 0 Å². The number of hydrogen-bond donors (Lipinski definition) is 2. The molecule has 0 amide bonds. The molecule has 1 saturated carbocycles. The van der Waals surface area contributed by atoms with Crippen molar-refractivity contribution in [1.82, 2.24) is 0 Å². The van der Waals surface area contributed by atoms with E-state index in [1.54, 1.807) is 6.07 Å². The first-order chi connectivity index (χ1) is 7.65. The molecule has 1 fully saturated rings. The van der Waals surface area contributed by atoms with E-state index >= 15 is 0 Å². The van der Waals surface area contributed by atoms with E-state index in [0.717, 1.165) is 24.1 Å². The zero-order valence-corrected chi connectivity index (χ0v) is 8.87. The van der Waals surface area contributed by atoms with E-state index in [4.69, 9.17) is 5.11 Å². The van der Waals surface area contributed by atoms with Crippen molar-refractivity contribution in [3.63, 3.8) is 0 Å². The zero-order chi connectivity index (χ0) is 11.5. The average molecular weight is 223 g/mol. The lowest BCUT2D eigenvalue weighted by molar-refractivity contribution is -0.136. The number of nitrogens with one attached hydrogen (secondary N) is 1. The highest BCUT2D eigenvalue weighted by atomic mass is 19.1. The summed E-state index contributed by atoms with van der Waals surface area (Å²) in [5, 5.41) is 11.9. The predicted octanol–water partition coefficient (Wildman–Crippen LogP) is 2.42. The molecular weight excluding hydrogens is 209 g/mol. The van der Waals surface area contributed by atoms with Gasteiger partial charge < -0.3 is 10.4 Å². The van der Waals surface area contributed by atoms with Gasteiger partial charge in [-0.1, -0.05) is 0 Å². The van der Waals surface area contributed by atoms with Gasteiger partial charge in [-0.3, -0.25) is 4.79 Å². The third kappa shape index (κ3) is 2.95. The quantitative estimate of drug-likeness (QED) is 0.806. The molecule has 0 heterocycles. The van der Waals surface area contributed by atoms with Crippen LogP contribution in [0.5, 0.6) is 0 Å². The molecule has 0 aromatic heterocycles. The molecule has 3 nitrogen and oxygen atoms in total. The zero-order valence-electron chi connectivity index (χ0n) is 8.87. The first-order valence-corrected chi connectivity index (χ1v) is 5.42. The van der Waals surface area contributed by atoms with Crippen molar-refractivity contribution in [2.45, 2.75) is 31.7 Å². The predicted molar refractivity (Wildman–Crippen MR) is 59.0 cm³/mol. The number of aryl methyl sites for hydroxylation is 1. The van der Waals surface area contributed by atoms with Crippen LogP contribution in [0.1, 0.15) is 24.8 Å². The first kappa shape index (κ1) is 10.9. The highest BCUT2D eigenvalue weighted by molar-refractivity contribution is 5.67. The summed E-state index contributed by atoms with van der Waals surface area (Å²) >= 11 is 0. The van der Waals surface area contributed by atoms with Crippen LogP contribution < -0.4 is 5.32 Å². The Morgan fingerprint density at radius 2 is 2.25 bits per heavy atom. The molecule has 0 spiro atoms. The third-order valence-electron chi connectivity index (χ3n) is 2.61. The van der Waals surface area contributed by atoms with E-state index in [0.29, 0.717) is 12.5 Å². The van der Waals surface area contributed by atoms with Crippen molar-refractivity contribution in [3.05, 3.63) is 29.6 Å². The smallest absolute Gasteiger partial charge is 0.303 e. The lowest BCUT2D eigenvalue weighted by Crippen LogP contribution is -2.06. The Morgan fingerprint density at radius 1 is 1.50 bits per heavy atom. The number of rotatable bonds is 5. The van der Waals surface area contributed by atoms with Crippen molar-refractivity contribution in [3.8, 4) is 0 Å². The van der Waals surface area contributed by atoms with E-state index in [1.165, 1.54) is 12.1 Å². The second kappa shape index (κ2) is 4.51. The normalized spacial score (nSPS) is 14.8. The maximum Gasteiger partial charge on any atom is 0.303 e. The van der Waals surface area contributed by atoms with Gasteiger partial charge in [-0.25, -0.2) is 4.39 Å². The van der Waals surface area contributed by atoms with Crippen LogP contribution in [-0.2, 0) is 11.2 Å². The van der Waals surface area contributed by atoms with E-state index in [9.17, 15) is 9.18 Å². The Hall–Kier alpha value is -1.58. The largest absolute Gasteiger partial charge is 0.481 e. The van der Waals surface area contributed by atoms with E-state index < -0.39 is 5.97 Å². The Labute approximate surface area is 93.3 Å². The lowest BCUT2D eigenvalue weighted by Gasteiger charge is -2.10. The fourth-order valence-electron chi connectivity index (χ4n) is 1.60. The highest BCUT2D eigenvalue weighted by Crippen LogP contribution is 2.27. The van der Waals surface area contributed by atoms with Crippen molar-refractivity contribution >= 4 is 11.7 Å². The monoisotopic (exact) mass is 223 g/mol. The third-order valence-corrected chi connectivity index (χ3v) is 2.61. The molecule has 0 aliphatic heterocycles. The molecule has 0 saturated heterocycles. The molecule has 86 valence electrons. The van der Waals surface area contributed by atoms with Crippen LogP contribution in [0, 0.1) is 5.82 Å². The fraction of sp³-hybridized carbons (Fsp3) is 0.417. The topological polar surface area (TPSA) is 49.3 Å². The summed E-state index contributed by atoms with van der Waals surface area (Å²) in [6.07, 6.45) is 2.66. The van der Waals surface area contributed by atoms with Gasteiger partial charge in [0.05, 0.1) is 0 Å². The van der Waals surface area contributed by atoms with E-state index in [-0.39, 0.29) is 12.2 Å². The SMILES string of the molecule is O=C(O)CCc1cc(F)ccc1NC1CC1. The number of halogens is 1. The van der Waals surface area contributed by atoms with Crippen LogP contribution in [0.3, 0.4) is 0 Å². The molecule has 2 rings (SSSR count). The molecule has 2 N–H and O–H groups in total. The van der Waals surface area contributed by atoms with Gasteiger partial charge in [-0.05, 0) is 43.0 Å². The molecule has 1 aromatic carbocycles. The maximum atomic E-state index is 13.0. The van der Waals surface area contributed by atoms with E-state index in [2.05, 4.69) is 5.32 Å². The molecule has 1 aliphatic rings. The summed E-state index contributed by atoms with van der Waals surface area (Å²) in [5.74, 6) is -1.18. The van der Waals surface area contributed by atoms with Crippen molar-refractivity contribution in [2.75, 3.05) is 5.32 Å². The number of carbonyl (C=O) groups is 1. The first-order valence-electron chi connectivity index (χ1n) is 5.42. The van der Waals surface area contributed by atoms with Gasteiger partial charge in [0.15, 0.2) is 0 Å². The minimum absolute atomic E-state index is 0.0306. The maximum absolute atomic E-state index is 13.0. The number of benzene rings is 1. The highest BCUT2D eigenvalue weighted by Gasteiger charge is 2.21. The van der Waals surface area contributed by atoms with Crippen LogP contribution in [0.2, 0.25) is 0 Å². The molecule has 0 unspecified atom stereocenters. The lowest BCUT2D eigenvalue weighted by atomic mass is 10.1. The number of hydrogen-bond acceptors (Lipinski definition) is 2. The van der Waals surface area contributed by atoms with Crippen LogP contribution in [0.15, 0.2) is 18.2 Å². The molecule has 1 aliphatic carbocycles. The summed E-state index contributed by atoms with van der Waals surface area (Å²) in [5.41, 5.74) is 1.61. The summed E-state index contributed by atoms with van der Waals surface area (Å²) in [4.78, 5) is 10.5. The Morgan fingerprint density at radius 3 is 2.88 bits per heavy atom. The Kier molecular flexibility index (Phi) is 3.08. The molecule has 16 heavy (non-hydrogen) atoms. The fourth-order valence-corrected chi connectivity index (χ4v) is 1.60. The van der Waals surface area contributed by atoms with Gasteiger partial charge in [-0.15, -0.1) is 0 Å². The molecular formula is C12H14FNO2. The van der Waals surface area contributed by atoms with Gasteiger partial charge in [0, 0.05) is 18.2 Å². The van der Waals surface area contributed by atoms with Crippen molar-refractivity contribution < 1.29 is 14.3 Å². The number of carboxylic acids is 1. The number of carboxylic acid groups (broad SMARTS) is 1. The minimum Gasteiger partial charge on any atom is -0.481 e. The van der Waals surface area contributed by atoms with Crippen LogP contribution in [0.25, 0.3) is 0 Å². The molecule has 0 bridgehead atoms. The second-order valence-corrected chi connectivity index (χ2v) is 4.11. The van der Waals surface area contributed by atoms with Gasteiger partial charge >= 0.3 is 5.97 Å². The molecule has 1 aromatic rings.